The van der Waals surface area contributed by atoms with Gasteiger partial charge < -0.3 is 4.42 Å². The molecule has 0 atom stereocenters. The third kappa shape index (κ3) is 1.82. The van der Waals surface area contributed by atoms with Gasteiger partial charge in [-0.15, -0.1) is 0 Å². The first-order valence-electron chi connectivity index (χ1n) is 3.12. The molecule has 0 aromatic carbocycles. The van der Waals surface area contributed by atoms with Crippen LogP contribution in [0.25, 0.3) is 0 Å². The van der Waals surface area contributed by atoms with Gasteiger partial charge >= 0.3 is 0 Å². The average molecular weight is 267 g/mol. The van der Waals surface area contributed by atoms with Gasteiger partial charge in [0.2, 0.25) is 0 Å². The molecule has 10 heavy (non-hydrogen) atoms. The maximum atomic E-state index is 5.39. The standard InChI is InChI=1S/C6H10INOSi/c1-10(2,3)5-4-8-6(7)9-5/h4H,1-3H3. The summed E-state index contributed by atoms with van der Waals surface area (Å²) in [6.45, 7) is 6.72. The van der Waals surface area contributed by atoms with Gasteiger partial charge in [0.1, 0.15) is 13.5 Å². The van der Waals surface area contributed by atoms with Crippen LogP contribution in [-0.2, 0) is 0 Å². The Kier molecular flexibility index (Phi) is 2.19. The van der Waals surface area contributed by atoms with Crippen LogP contribution in [0, 0.1) is 3.90 Å². The summed E-state index contributed by atoms with van der Waals surface area (Å²) in [5.41, 5.74) is 0. The second-order valence-corrected chi connectivity index (χ2v) is 9.14. The van der Waals surface area contributed by atoms with Crippen LogP contribution in [0.3, 0.4) is 0 Å². The Balaban J connectivity index is 2.96. The summed E-state index contributed by atoms with van der Waals surface area (Å²) in [5.74, 6) is 0. The molecule has 0 spiro atoms. The molecular formula is C6H10INOSi. The van der Waals surface area contributed by atoms with E-state index in [-0.39, 0.29) is 0 Å². The maximum Gasteiger partial charge on any atom is 0.256 e. The molecular weight excluding hydrogens is 257 g/mol. The maximum absolute atomic E-state index is 5.39. The van der Waals surface area contributed by atoms with Crippen molar-refractivity contribution in [3.05, 3.63) is 10.1 Å². The first-order valence-corrected chi connectivity index (χ1v) is 7.70. The molecule has 0 saturated carbocycles. The van der Waals surface area contributed by atoms with E-state index in [4.69, 9.17) is 4.42 Å². The molecule has 0 aliphatic carbocycles. The van der Waals surface area contributed by atoms with Crippen LogP contribution < -0.4 is 5.38 Å². The molecule has 0 fully saturated rings. The topological polar surface area (TPSA) is 26.0 Å². The molecule has 1 aromatic heterocycles. The van der Waals surface area contributed by atoms with Crippen molar-refractivity contribution in [3.8, 4) is 0 Å². The van der Waals surface area contributed by atoms with Crippen molar-refractivity contribution < 1.29 is 4.42 Å². The number of hydrogen-bond acceptors (Lipinski definition) is 2. The highest BCUT2D eigenvalue weighted by Gasteiger charge is 2.20. The monoisotopic (exact) mass is 267 g/mol. The first-order chi connectivity index (χ1) is 4.50. The van der Waals surface area contributed by atoms with Gasteiger partial charge in [-0.3, -0.25) is 0 Å². The molecule has 0 radical (unpaired) electrons. The molecule has 4 heteroatoms. The van der Waals surface area contributed by atoms with Gasteiger partial charge in [-0.25, -0.2) is 4.98 Å². The summed E-state index contributed by atoms with van der Waals surface area (Å²) in [4.78, 5) is 4.04. The molecule has 0 bridgehead atoms. The minimum absolute atomic E-state index is 0.745. The zero-order chi connectivity index (χ0) is 7.78. The van der Waals surface area contributed by atoms with Gasteiger partial charge in [0.25, 0.3) is 3.90 Å². The van der Waals surface area contributed by atoms with E-state index in [0.717, 1.165) is 9.28 Å². The zero-order valence-electron chi connectivity index (χ0n) is 6.31. The van der Waals surface area contributed by atoms with Gasteiger partial charge in [0.05, 0.1) is 6.20 Å². The Labute approximate surface area is 75.2 Å². The lowest BCUT2D eigenvalue weighted by Gasteiger charge is -2.09. The van der Waals surface area contributed by atoms with Crippen molar-refractivity contribution in [2.45, 2.75) is 19.6 Å². The predicted octanol–water partition coefficient (Wildman–Crippen LogP) is 1.82. The zero-order valence-corrected chi connectivity index (χ0v) is 9.47. The summed E-state index contributed by atoms with van der Waals surface area (Å²) >= 11 is 2.09. The van der Waals surface area contributed by atoms with Crippen molar-refractivity contribution in [3.63, 3.8) is 0 Å². The fourth-order valence-electron chi connectivity index (χ4n) is 0.600. The van der Waals surface area contributed by atoms with Crippen LogP contribution in [-0.4, -0.2) is 13.1 Å². The van der Waals surface area contributed by atoms with Gasteiger partial charge in [-0.05, 0) is 0 Å². The van der Waals surface area contributed by atoms with E-state index in [1.54, 1.807) is 0 Å². The SMILES string of the molecule is C[Si](C)(C)c1cnc(I)o1. The van der Waals surface area contributed by atoms with E-state index in [2.05, 4.69) is 47.2 Å². The summed E-state index contributed by atoms with van der Waals surface area (Å²) in [5, 5.41) is 1.08. The van der Waals surface area contributed by atoms with Gasteiger partial charge in [-0.1, -0.05) is 19.6 Å². The quantitative estimate of drug-likeness (QED) is 0.573. The molecule has 0 unspecified atom stereocenters. The second kappa shape index (κ2) is 2.65. The molecule has 0 N–H and O–H groups in total. The largest absolute Gasteiger partial charge is 0.442 e. The number of aromatic nitrogens is 1. The Morgan fingerprint density at radius 1 is 1.50 bits per heavy atom. The molecule has 1 heterocycles. The summed E-state index contributed by atoms with van der Waals surface area (Å²) in [6.07, 6.45) is 1.84. The number of nitrogens with zero attached hydrogens (tertiary/aromatic N) is 1. The normalized spacial score (nSPS) is 12.0. The van der Waals surface area contributed by atoms with E-state index < -0.39 is 8.07 Å². The first kappa shape index (κ1) is 8.26. The number of oxazole rings is 1. The third-order valence-corrected chi connectivity index (χ3v) is 3.42. The Hall–Kier alpha value is 0.157. The molecule has 1 rings (SSSR count). The van der Waals surface area contributed by atoms with Gasteiger partial charge in [0, 0.05) is 22.6 Å². The highest BCUT2D eigenvalue weighted by atomic mass is 127. The van der Waals surface area contributed by atoms with Crippen molar-refractivity contribution in [1.82, 2.24) is 4.98 Å². The lowest BCUT2D eigenvalue weighted by Crippen LogP contribution is -2.36. The van der Waals surface area contributed by atoms with Crippen molar-refractivity contribution in [2.75, 3.05) is 0 Å². The fourth-order valence-corrected chi connectivity index (χ4v) is 2.04. The molecule has 0 aliphatic heterocycles. The van der Waals surface area contributed by atoms with Crippen LogP contribution in [0.1, 0.15) is 0 Å². The smallest absolute Gasteiger partial charge is 0.256 e. The summed E-state index contributed by atoms with van der Waals surface area (Å²) < 4.78 is 6.13. The van der Waals surface area contributed by atoms with Crippen LogP contribution in [0.5, 0.6) is 0 Å². The molecule has 2 nitrogen and oxygen atoms in total. The number of rotatable bonds is 1. The molecule has 0 amide bonds. The highest BCUT2D eigenvalue weighted by molar-refractivity contribution is 14.1. The van der Waals surface area contributed by atoms with E-state index in [9.17, 15) is 0 Å². The third-order valence-electron chi connectivity index (χ3n) is 1.22. The van der Waals surface area contributed by atoms with Crippen LogP contribution in [0.4, 0.5) is 0 Å². The summed E-state index contributed by atoms with van der Waals surface area (Å²) in [7, 11) is -1.25. The summed E-state index contributed by atoms with van der Waals surface area (Å²) in [6, 6.07) is 0. The van der Waals surface area contributed by atoms with E-state index >= 15 is 0 Å². The van der Waals surface area contributed by atoms with Crippen LogP contribution in [0.2, 0.25) is 19.6 Å². The van der Waals surface area contributed by atoms with Crippen LogP contribution >= 0.6 is 22.6 Å². The molecule has 0 aliphatic rings. The Bertz CT molecular complexity index is 228. The van der Waals surface area contributed by atoms with Gasteiger partial charge in [-0.2, -0.15) is 0 Å². The van der Waals surface area contributed by atoms with E-state index in [1.165, 1.54) is 0 Å². The Morgan fingerprint density at radius 2 is 2.10 bits per heavy atom. The van der Waals surface area contributed by atoms with Crippen molar-refractivity contribution >= 4 is 36.0 Å². The minimum Gasteiger partial charge on any atom is -0.442 e. The fraction of sp³-hybridized carbons (Fsp3) is 0.500. The van der Waals surface area contributed by atoms with Crippen molar-refractivity contribution in [2.24, 2.45) is 0 Å². The van der Waals surface area contributed by atoms with Gasteiger partial charge in [0.15, 0.2) is 0 Å². The molecule has 1 aromatic rings. The number of hydrogen-bond donors (Lipinski definition) is 0. The van der Waals surface area contributed by atoms with Crippen molar-refractivity contribution in [1.29, 1.82) is 0 Å². The van der Waals surface area contributed by atoms with E-state index in [1.807, 2.05) is 6.20 Å². The highest BCUT2D eigenvalue weighted by Crippen LogP contribution is 2.04. The Morgan fingerprint density at radius 3 is 2.30 bits per heavy atom. The molecule has 0 saturated heterocycles. The second-order valence-electron chi connectivity index (χ2n) is 3.23. The molecule has 56 valence electrons. The van der Waals surface area contributed by atoms with E-state index in [0.29, 0.717) is 0 Å². The lowest BCUT2D eigenvalue weighted by atomic mass is 11.0. The van der Waals surface area contributed by atoms with Crippen LogP contribution in [0.15, 0.2) is 10.6 Å². The predicted molar refractivity (Wildman–Crippen MR) is 52.2 cm³/mol. The minimum atomic E-state index is -1.25. The average Bonchev–Trinajstić information content (AvgIpc) is 2.11. The lowest BCUT2D eigenvalue weighted by molar-refractivity contribution is 0.551. The number of halogens is 1.